The molecule has 7 N–H and O–H groups in total. The van der Waals surface area contributed by atoms with Crippen molar-refractivity contribution in [2.75, 3.05) is 11.9 Å². The fourth-order valence-electron chi connectivity index (χ4n) is 3.75. The highest BCUT2D eigenvalue weighted by Gasteiger charge is 2.59. The molecule has 1 aliphatic rings. The maximum Gasteiger partial charge on any atom is 0.323 e. The molecular formula is C22H31N7O6. The molecule has 0 saturated carbocycles. The van der Waals surface area contributed by atoms with Crippen molar-refractivity contribution in [3.8, 4) is 6.07 Å². The van der Waals surface area contributed by atoms with Gasteiger partial charge in [-0.3, -0.25) is 9.59 Å². The van der Waals surface area contributed by atoms with Crippen molar-refractivity contribution in [1.82, 2.24) is 14.6 Å². The van der Waals surface area contributed by atoms with Gasteiger partial charge < -0.3 is 36.5 Å². The molecule has 190 valence electrons. The first-order chi connectivity index (χ1) is 16.5. The third-order valence-corrected chi connectivity index (χ3v) is 6.12. The molecule has 35 heavy (non-hydrogen) atoms. The van der Waals surface area contributed by atoms with Crippen molar-refractivity contribution < 1.29 is 29.3 Å². The van der Waals surface area contributed by atoms with Crippen LogP contribution in [0.15, 0.2) is 18.5 Å². The number of nitrogens with zero attached hydrogens (tertiary/aromatic N) is 4. The van der Waals surface area contributed by atoms with E-state index in [1.54, 1.807) is 27.7 Å². The number of fused-ring (bicyclic) bond motifs is 1. The zero-order valence-corrected chi connectivity index (χ0v) is 20.0. The number of nitrogens with two attached hydrogens (primary N) is 2. The Balaban J connectivity index is 1.99. The van der Waals surface area contributed by atoms with Gasteiger partial charge in [0.2, 0.25) is 11.5 Å². The van der Waals surface area contributed by atoms with Crippen LogP contribution in [0.1, 0.15) is 33.4 Å². The lowest BCUT2D eigenvalue weighted by Crippen LogP contribution is -2.46. The summed E-state index contributed by atoms with van der Waals surface area (Å²) in [6.07, 6.45) is -3.10. The summed E-state index contributed by atoms with van der Waals surface area (Å²) in [7, 11) is 0. The van der Waals surface area contributed by atoms with Gasteiger partial charge in [0.15, 0.2) is 11.9 Å². The number of carbonyl (C=O) groups excluding carboxylic acids is 2. The lowest BCUT2D eigenvalue weighted by molar-refractivity contribution is -0.159. The molecule has 6 atom stereocenters. The summed E-state index contributed by atoms with van der Waals surface area (Å²) in [5, 5.41) is 37.9. The molecule has 0 radical (unpaired) electrons. The van der Waals surface area contributed by atoms with Crippen LogP contribution in [-0.2, 0) is 24.7 Å². The van der Waals surface area contributed by atoms with Gasteiger partial charge in [0.1, 0.15) is 36.2 Å². The van der Waals surface area contributed by atoms with Crippen LogP contribution in [-0.4, -0.2) is 73.7 Å². The van der Waals surface area contributed by atoms with E-state index in [9.17, 15) is 25.1 Å². The lowest BCUT2D eigenvalue weighted by Gasteiger charge is -2.25. The number of aliphatic hydroxyl groups is 2. The number of hydrogen-bond donors (Lipinski definition) is 5. The second-order valence-electron chi connectivity index (χ2n) is 9.19. The Morgan fingerprint density at radius 1 is 1.29 bits per heavy atom. The van der Waals surface area contributed by atoms with Crippen LogP contribution in [0.4, 0.5) is 5.82 Å². The number of hydrogen-bond acceptors (Lipinski definition) is 11. The van der Waals surface area contributed by atoms with Gasteiger partial charge in [0, 0.05) is 0 Å². The Hall–Kier alpha value is -3.15. The van der Waals surface area contributed by atoms with Gasteiger partial charge in [-0.1, -0.05) is 27.7 Å². The molecule has 13 nitrogen and oxygen atoms in total. The van der Waals surface area contributed by atoms with Crippen molar-refractivity contribution in [3.63, 3.8) is 0 Å². The number of carbonyl (C=O) groups is 2. The topological polar surface area (TPSA) is 211 Å². The lowest BCUT2D eigenvalue weighted by atomic mass is 9.92. The summed E-state index contributed by atoms with van der Waals surface area (Å²) in [5.41, 5.74) is 10.1. The Kier molecular flexibility index (Phi) is 7.73. The van der Waals surface area contributed by atoms with Gasteiger partial charge in [-0.05, 0) is 24.0 Å². The Bertz CT molecular complexity index is 1130. The number of ether oxygens (including phenoxy) is 2. The molecule has 2 aromatic rings. The SMILES string of the molecule is CC(C)[C@H](N)C(=O)Nc1ncnn2c([C@]3(C#N)O[C@H](CO)[C@@H](OC(=O)[C@@H](N)C(C)C)[C@H]3O)ccc12. The number of aromatic nitrogens is 3. The smallest absolute Gasteiger partial charge is 0.323 e. The summed E-state index contributed by atoms with van der Waals surface area (Å²) in [6.45, 7) is 6.43. The van der Waals surface area contributed by atoms with Gasteiger partial charge in [-0.25, -0.2) is 9.50 Å². The molecule has 0 unspecified atom stereocenters. The van der Waals surface area contributed by atoms with E-state index < -0.39 is 54.5 Å². The molecule has 3 heterocycles. The molecule has 0 spiro atoms. The van der Waals surface area contributed by atoms with Crippen LogP contribution in [0.2, 0.25) is 0 Å². The summed E-state index contributed by atoms with van der Waals surface area (Å²) in [5.74, 6) is -1.47. The monoisotopic (exact) mass is 489 g/mol. The van der Waals surface area contributed by atoms with Crippen LogP contribution >= 0.6 is 0 Å². The van der Waals surface area contributed by atoms with Crippen molar-refractivity contribution in [2.24, 2.45) is 23.3 Å². The van der Waals surface area contributed by atoms with E-state index in [1.807, 2.05) is 6.07 Å². The molecule has 3 rings (SSSR count). The number of amides is 1. The van der Waals surface area contributed by atoms with Crippen LogP contribution < -0.4 is 16.8 Å². The highest BCUT2D eigenvalue weighted by atomic mass is 16.6. The molecule has 1 amide bonds. The van der Waals surface area contributed by atoms with Crippen LogP contribution in [0.25, 0.3) is 5.52 Å². The fourth-order valence-corrected chi connectivity index (χ4v) is 3.75. The van der Waals surface area contributed by atoms with Crippen LogP contribution in [0.3, 0.4) is 0 Å². The first kappa shape index (κ1) is 26.5. The highest BCUT2D eigenvalue weighted by molar-refractivity contribution is 5.97. The van der Waals surface area contributed by atoms with Gasteiger partial charge >= 0.3 is 5.97 Å². The number of nitriles is 1. The van der Waals surface area contributed by atoms with Gasteiger partial charge in [0.25, 0.3) is 0 Å². The zero-order valence-electron chi connectivity index (χ0n) is 20.0. The van der Waals surface area contributed by atoms with E-state index >= 15 is 0 Å². The molecular weight excluding hydrogens is 458 g/mol. The van der Waals surface area contributed by atoms with Crippen molar-refractivity contribution in [3.05, 3.63) is 24.2 Å². The highest BCUT2D eigenvalue weighted by Crippen LogP contribution is 2.41. The average Bonchev–Trinajstić information content (AvgIpc) is 3.38. The first-order valence-corrected chi connectivity index (χ1v) is 11.2. The summed E-state index contributed by atoms with van der Waals surface area (Å²) < 4.78 is 12.4. The number of rotatable bonds is 8. The van der Waals surface area contributed by atoms with Crippen LogP contribution in [0.5, 0.6) is 0 Å². The Morgan fingerprint density at radius 2 is 1.94 bits per heavy atom. The molecule has 2 aromatic heterocycles. The van der Waals surface area contributed by atoms with E-state index in [2.05, 4.69) is 15.4 Å². The quantitative estimate of drug-likeness (QED) is 0.284. The average molecular weight is 490 g/mol. The second-order valence-corrected chi connectivity index (χ2v) is 9.19. The predicted octanol–water partition coefficient (Wildman–Crippen LogP) is -0.983. The van der Waals surface area contributed by atoms with Gasteiger partial charge in [-0.2, -0.15) is 10.4 Å². The number of esters is 1. The third-order valence-electron chi connectivity index (χ3n) is 6.12. The van der Waals surface area contributed by atoms with E-state index in [1.165, 1.54) is 16.6 Å². The normalized spacial score (nSPS) is 26.0. The minimum Gasteiger partial charge on any atom is -0.455 e. The third kappa shape index (κ3) is 4.71. The summed E-state index contributed by atoms with van der Waals surface area (Å²) >= 11 is 0. The summed E-state index contributed by atoms with van der Waals surface area (Å²) in [4.78, 5) is 29.0. The molecule has 1 fully saturated rings. The number of nitrogens with one attached hydrogen (secondary N) is 1. The van der Waals surface area contributed by atoms with Crippen molar-refractivity contribution >= 4 is 23.2 Å². The van der Waals surface area contributed by atoms with E-state index in [0.717, 1.165) is 6.33 Å². The molecule has 1 saturated heterocycles. The van der Waals surface area contributed by atoms with Crippen molar-refractivity contribution in [2.45, 2.75) is 63.7 Å². The van der Waals surface area contributed by atoms with E-state index in [-0.39, 0.29) is 23.3 Å². The van der Waals surface area contributed by atoms with E-state index in [0.29, 0.717) is 5.52 Å². The molecule has 0 bridgehead atoms. The van der Waals surface area contributed by atoms with Gasteiger partial charge in [-0.15, -0.1) is 0 Å². The largest absolute Gasteiger partial charge is 0.455 e. The maximum atomic E-state index is 12.5. The zero-order chi connectivity index (χ0) is 26.1. The molecule has 0 aliphatic carbocycles. The standard InChI is InChI=1S/C22H31N7O6/c1-10(2)15(24)20(32)28-19-12-5-6-14(29(12)27-9-26-19)22(8-23)18(31)17(13(7-30)35-22)34-21(33)16(25)11(3)4/h5-6,9-11,13,15-18,30-31H,7,24-25H2,1-4H3,(H,26,27,28,32)/t13-,15+,16+,17-,18-,22+/m1/s1. The first-order valence-electron chi connectivity index (χ1n) is 11.2. The predicted molar refractivity (Wildman–Crippen MR) is 122 cm³/mol. The minimum atomic E-state index is -2.06. The molecule has 1 aliphatic heterocycles. The number of aliphatic hydroxyl groups excluding tert-OH is 2. The Labute approximate surface area is 202 Å². The fraction of sp³-hybridized carbons (Fsp3) is 0.591. The van der Waals surface area contributed by atoms with E-state index in [4.69, 9.17) is 20.9 Å². The number of anilines is 1. The maximum absolute atomic E-state index is 12.5. The Morgan fingerprint density at radius 3 is 2.51 bits per heavy atom. The van der Waals surface area contributed by atoms with Gasteiger partial charge in [0.05, 0.1) is 18.3 Å². The van der Waals surface area contributed by atoms with Crippen molar-refractivity contribution in [1.29, 1.82) is 5.26 Å². The van der Waals surface area contributed by atoms with Crippen LogP contribution in [0, 0.1) is 23.2 Å². The molecule has 13 heteroatoms. The molecule has 0 aromatic carbocycles. The minimum absolute atomic E-state index is 0.0821. The second kappa shape index (κ2) is 10.2. The summed E-state index contributed by atoms with van der Waals surface area (Å²) in [6, 6.07) is 3.19.